The summed E-state index contributed by atoms with van der Waals surface area (Å²) in [5, 5.41) is 2.86. The molecule has 0 heterocycles. The molecule has 7 heteroatoms. The average Bonchev–Trinajstić information content (AvgIpc) is 2.67. The van der Waals surface area contributed by atoms with Crippen LogP contribution in [0.25, 0.3) is 0 Å². The minimum absolute atomic E-state index is 0.149. The molecule has 0 unspecified atom stereocenters. The Balaban J connectivity index is 2.00. The highest BCUT2D eigenvalue weighted by Crippen LogP contribution is 2.29. The molecular formula is C20H26N2O5. The van der Waals surface area contributed by atoms with E-state index in [2.05, 4.69) is 5.32 Å². The Morgan fingerprint density at radius 1 is 0.889 bits per heavy atom. The third kappa shape index (κ3) is 5.52. The molecule has 2 aromatic carbocycles. The van der Waals surface area contributed by atoms with Gasteiger partial charge < -0.3 is 24.3 Å². The van der Waals surface area contributed by atoms with Crippen molar-refractivity contribution in [2.24, 2.45) is 0 Å². The van der Waals surface area contributed by atoms with E-state index < -0.39 is 0 Å². The molecule has 0 aromatic heterocycles. The number of likely N-dealkylation sites (N-methyl/N-ethyl adjacent to an activating group) is 1. The van der Waals surface area contributed by atoms with E-state index in [1.54, 1.807) is 46.6 Å². The van der Waals surface area contributed by atoms with Crippen LogP contribution in [0.15, 0.2) is 36.4 Å². The number of amides is 1. The number of carbonyl (C=O) groups is 1. The Morgan fingerprint density at radius 3 is 2.19 bits per heavy atom. The number of methoxy groups -OCH3 is 4. The first-order valence-electron chi connectivity index (χ1n) is 8.42. The van der Waals surface area contributed by atoms with E-state index in [0.29, 0.717) is 35.2 Å². The number of benzene rings is 2. The predicted molar refractivity (Wildman–Crippen MR) is 104 cm³/mol. The molecule has 0 saturated carbocycles. The van der Waals surface area contributed by atoms with Gasteiger partial charge in [-0.1, -0.05) is 6.07 Å². The third-order valence-electron chi connectivity index (χ3n) is 3.99. The van der Waals surface area contributed by atoms with Crippen LogP contribution in [-0.4, -0.2) is 52.8 Å². The summed E-state index contributed by atoms with van der Waals surface area (Å²) in [5.74, 6) is 2.40. The molecule has 0 aliphatic rings. The van der Waals surface area contributed by atoms with Crippen molar-refractivity contribution in [1.82, 2.24) is 4.90 Å². The maximum Gasteiger partial charge on any atom is 0.238 e. The summed E-state index contributed by atoms with van der Waals surface area (Å²) in [6.45, 7) is 0.803. The van der Waals surface area contributed by atoms with Gasteiger partial charge in [0.25, 0.3) is 0 Å². The number of nitrogens with one attached hydrogen (secondary N) is 1. The molecule has 1 amide bonds. The number of nitrogens with zero attached hydrogens (tertiary/aromatic N) is 1. The normalized spacial score (nSPS) is 10.4. The smallest absolute Gasteiger partial charge is 0.238 e. The summed E-state index contributed by atoms with van der Waals surface area (Å²) in [7, 11) is 8.20. The van der Waals surface area contributed by atoms with Gasteiger partial charge in [0.15, 0.2) is 11.5 Å². The fraction of sp³-hybridized carbons (Fsp3) is 0.350. The van der Waals surface area contributed by atoms with Crippen molar-refractivity contribution in [2.75, 3.05) is 47.3 Å². The average molecular weight is 374 g/mol. The number of hydrogen-bond acceptors (Lipinski definition) is 6. The van der Waals surface area contributed by atoms with Gasteiger partial charge in [0.05, 0.1) is 40.7 Å². The molecule has 0 atom stereocenters. The van der Waals surface area contributed by atoms with E-state index in [4.69, 9.17) is 18.9 Å². The largest absolute Gasteiger partial charge is 0.497 e. The Morgan fingerprint density at radius 2 is 1.56 bits per heavy atom. The van der Waals surface area contributed by atoms with Gasteiger partial charge in [0.2, 0.25) is 5.91 Å². The Labute approximate surface area is 159 Å². The van der Waals surface area contributed by atoms with E-state index >= 15 is 0 Å². The van der Waals surface area contributed by atoms with Crippen LogP contribution in [0, 0.1) is 0 Å². The molecule has 1 N–H and O–H groups in total. The topological polar surface area (TPSA) is 69.3 Å². The molecule has 0 bridgehead atoms. The van der Waals surface area contributed by atoms with Gasteiger partial charge in [-0.05, 0) is 36.9 Å². The third-order valence-corrected chi connectivity index (χ3v) is 3.99. The first-order valence-corrected chi connectivity index (χ1v) is 8.42. The molecule has 0 aliphatic carbocycles. The minimum Gasteiger partial charge on any atom is -0.497 e. The zero-order valence-corrected chi connectivity index (χ0v) is 16.4. The van der Waals surface area contributed by atoms with E-state index in [1.807, 2.05) is 30.1 Å². The molecule has 0 spiro atoms. The fourth-order valence-electron chi connectivity index (χ4n) is 2.69. The molecule has 0 radical (unpaired) electrons. The zero-order chi connectivity index (χ0) is 19.8. The monoisotopic (exact) mass is 374 g/mol. The van der Waals surface area contributed by atoms with Crippen molar-refractivity contribution in [3.63, 3.8) is 0 Å². The minimum atomic E-state index is -0.149. The van der Waals surface area contributed by atoms with Crippen molar-refractivity contribution in [3.05, 3.63) is 42.0 Å². The maximum absolute atomic E-state index is 12.4. The second kappa shape index (κ2) is 9.68. The predicted octanol–water partition coefficient (Wildman–Crippen LogP) is 2.79. The highest BCUT2D eigenvalue weighted by Gasteiger charge is 2.13. The molecule has 0 fully saturated rings. The lowest BCUT2D eigenvalue weighted by Gasteiger charge is -2.18. The number of carbonyl (C=O) groups excluding carboxylic acids is 1. The summed E-state index contributed by atoms with van der Waals surface area (Å²) in [6.07, 6.45) is 0. The molecule has 2 aromatic rings. The Bertz CT molecular complexity index is 779. The summed E-state index contributed by atoms with van der Waals surface area (Å²) in [6, 6.07) is 11.0. The van der Waals surface area contributed by atoms with Crippen molar-refractivity contribution < 1.29 is 23.7 Å². The Hall–Kier alpha value is -2.93. The summed E-state index contributed by atoms with van der Waals surface area (Å²) >= 11 is 0. The summed E-state index contributed by atoms with van der Waals surface area (Å²) < 4.78 is 21.0. The van der Waals surface area contributed by atoms with Gasteiger partial charge in [-0.15, -0.1) is 0 Å². The molecule has 0 saturated heterocycles. The van der Waals surface area contributed by atoms with E-state index in [1.165, 1.54) is 0 Å². The quantitative estimate of drug-likeness (QED) is 0.728. The summed E-state index contributed by atoms with van der Waals surface area (Å²) in [5.41, 5.74) is 1.59. The van der Waals surface area contributed by atoms with Crippen LogP contribution in [-0.2, 0) is 11.3 Å². The SMILES string of the molecule is COc1ccc(OC)c(NC(=O)CN(C)Cc2ccc(OC)c(OC)c2)c1. The van der Waals surface area contributed by atoms with Gasteiger partial charge >= 0.3 is 0 Å². The molecule has 2 rings (SSSR count). The lowest BCUT2D eigenvalue weighted by atomic mass is 10.2. The van der Waals surface area contributed by atoms with Crippen LogP contribution in [0.5, 0.6) is 23.0 Å². The lowest BCUT2D eigenvalue weighted by Crippen LogP contribution is -2.30. The van der Waals surface area contributed by atoms with Gasteiger partial charge in [-0.3, -0.25) is 9.69 Å². The first kappa shape index (κ1) is 20.4. The van der Waals surface area contributed by atoms with E-state index in [-0.39, 0.29) is 12.5 Å². The van der Waals surface area contributed by atoms with Crippen LogP contribution in [0.2, 0.25) is 0 Å². The van der Waals surface area contributed by atoms with E-state index in [0.717, 1.165) is 5.56 Å². The van der Waals surface area contributed by atoms with Crippen molar-refractivity contribution in [1.29, 1.82) is 0 Å². The van der Waals surface area contributed by atoms with E-state index in [9.17, 15) is 4.79 Å². The molecule has 7 nitrogen and oxygen atoms in total. The highest BCUT2D eigenvalue weighted by molar-refractivity contribution is 5.94. The summed E-state index contributed by atoms with van der Waals surface area (Å²) in [4.78, 5) is 14.3. The first-order chi connectivity index (χ1) is 13.0. The molecule has 0 aliphatic heterocycles. The highest BCUT2D eigenvalue weighted by atomic mass is 16.5. The molecular weight excluding hydrogens is 348 g/mol. The van der Waals surface area contributed by atoms with Crippen LogP contribution < -0.4 is 24.3 Å². The fourth-order valence-corrected chi connectivity index (χ4v) is 2.69. The van der Waals surface area contributed by atoms with Crippen LogP contribution in [0.4, 0.5) is 5.69 Å². The molecule has 146 valence electrons. The van der Waals surface area contributed by atoms with Crippen LogP contribution in [0.1, 0.15) is 5.56 Å². The van der Waals surface area contributed by atoms with Gasteiger partial charge in [0, 0.05) is 12.6 Å². The second-order valence-corrected chi connectivity index (χ2v) is 5.98. The van der Waals surface area contributed by atoms with Crippen molar-refractivity contribution in [3.8, 4) is 23.0 Å². The Kier molecular flexibility index (Phi) is 7.31. The van der Waals surface area contributed by atoms with Gasteiger partial charge in [0.1, 0.15) is 11.5 Å². The van der Waals surface area contributed by atoms with Crippen molar-refractivity contribution >= 4 is 11.6 Å². The number of hydrogen-bond donors (Lipinski definition) is 1. The number of ether oxygens (including phenoxy) is 4. The van der Waals surface area contributed by atoms with Gasteiger partial charge in [-0.2, -0.15) is 0 Å². The lowest BCUT2D eigenvalue weighted by molar-refractivity contribution is -0.117. The van der Waals surface area contributed by atoms with Crippen molar-refractivity contribution in [2.45, 2.75) is 6.54 Å². The van der Waals surface area contributed by atoms with Crippen LogP contribution >= 0.6 is 0 Å². The zero-order valence-electron chi connectivity index (χ0n) is 16.4. The van der Waals surface area contributed by atoms with Gasteiger partial charge in [-0.25, -0.2) is 0 Å². The maximum atomic E-state index is 12.4. The second-order valence-electron chi connectivity index (χ2n) is 5.98. The number of rotatable bonds is 9. The molecule has 27 heavy (non-hydrogen) atoms. The number of anilines is 1. The standard InChI is InChI=1S/C20H26N2O5/c1-22(12-14-6-8-18(26-4)19(10-14)27-5)13-20(23)21-16-11-15(24-2)7-9-17(16)25-3/h6-11H,12-13H2,1-5H3,(H,21,23). The van der Waals surface area contributed by atoms with Crippen LogP contribution in [0.3, 0.4) is 0 Å².